The van der Waals surface area contributed by atoms with Gasteiger partial charge >= 0.3 is 0 Å². The number of alkyl halides is 1. The molecule has 1 heterocycles. The molecule has 1 fully saturated rings. The highest BCUT2D eigenvalue weighted by atomic mass is 35.5. The summed E-state index contributed by atoms with van der Waals surface area (Å²) in [5.41, 5.74) is 0. The van der Waals surface area contributed by atoms with Crippen LogP contribution in [-0.4, -0.2) is 71.0 Å². The Balaban J connectivity index is 2.76. The maximum atomic E-state index is 11.0. The molecule has 0 bridgehead atoms. The summed E-state index contributed by atoms with van der Waals surface area (Å²) >= 11 is 5.48. The fraction of sp³-hybridized carbons (Fsp3) is 0.900. The van der Waals surface area contributed by atoms with Crippen LogP contribution in [0.5, 0.6) is 0 Å². The second kappa shape index (κ2) is 7.22. The van der Waals surface area contributed by atoms with Gasteiger partial charge in [-0.1, -0.05) is 0 Å². The van der Waals surface area contributed by atoms with Gasteiger partial charge in [-0.25, -0.2) is 0 Å². The van der Waals surface area contributed by atoms with Gasteiger partial charge in [-0.15, -0.1) is 11.6 Å². The summed E-state index contributed by atoms with van der Waals surface area (Å²) in [7, 11) is 0. The number of amides is 1. The first-order valence-electron chi connectivity index (χ1n) is 5.58. The van der Waals surface area contributed by atoms with E-state index < -0.39 is 43.2 Å². The average molecular weight is 284 g/mol. The number of halogens is 1. The molecule has 1 aliphatic rings. The molecule has 0 unspecified atom stereocenters. The molecule has 0 spiro atoms. The van der Waals surface area contributed by atoms with Crippen molar-refractivity contribution in [2.24, 2.45) is 0 Å². The minimum atomic E-state index is -1.30. The average Bonchev–Trinajstić information content (AvgIpc) is 2.33. The van der Waals surface area contributed by atoms with Gasteiger partial charge in [0.1, 0.15) is 24.4 Å². The highest BCUT2D eigenvalue weighted by molar-refractivity contribution is 6.17. The smallest absolute Gasteiger partial charge is 0.217 e. The van der Waals surface area contributed by atoms with Gasteiger partial charge < -0.3 is 30.1 Å². The van der Waals surface area contributed by atoms with Crippen molar-refractivity contribution in [1.29, 1.82) is 0 Å². The number of carbonyl (C=O) groups is 1. The lowest BCUT2D eigenvalue weighted by Crippen LogP contribution is -2.64. The summed E-state index contributed by atoms with van der Waals surface area (Å²) in [4.78, 5) is 11.0. The first-order chi connectivity index (χ1) is 8.51. The minimum Gasteiger partial charge on any atom is -0.394 e. The van der Waals surface area contributed by atoms with Crippen LogP contribution in [0.1, 0.15) is 6.92 Å². The number of hydrogen-bond donors (Lipinski definition) is 4. The van der Waals surface area contributed by atoms with Gasteiger partial charge in [0.05, 0.1) is 13.2 Å². The summed E-state index contributed by atoms with van der Waals surface area (Å²) in [5.74, 6) is -0.175. The Bertz CT molecular complexity index is 279. The molecular formula is C10H18ClNO6. The molecule has 1 aliphatic heterocycles. The van der Waals surface area contributed by atoms with E-state index in [0.29, 0.717) is 0 Å². The largest absolute Gasteiger partial charge is 0.394 e. The Kier molecular flexibility index (Phi) is 6.27. The summed E-state index contributed by atoms with van der Waals surface area (Å²) in [6, 6.07) is -0.913. The highest BCUT2D eigenvalue weighted by Crippen LogP contribution is 2.22. The Morgan fingerprint density at radius 3 is 2.61 bits per heavy atom. The van der Waals surface area contributed by atoms with Crippen LogP contribution in [0.2, 0.25) is 0 Å². The van der Waals surface area contributed by atoms with Crippen molar-refractivity contribution in [2.75, 3.05) is 19.1 Å². The number of hydrogen-bond acceptors (Lipinski definition) is 6. The zero-order chi connectivity index (χ0) is 13.7. The van der Waals surface area contributed by atoms with E-state index in [1.165, 1.54) is 6.92 Å². The summed E-state index contributed by atoms with van der Waals surface area (Å²) in [5, 5.41) is 31.1. The molecule has 18 heavy (non-hydrogen) atoms. The molecule has 0 aromatic heterocycles. The molecule has 0 radical (unpaired) electrons. The van der Waals surface area contributed by atoms with Gasteiger partial charge in [0.2, 0.25) is 5.91 Å². The molecule has 1 rings (SSSR count). The standard InChI is InChI=1S/C10H18ClNO6/c1-5(14)12-7-9(16)8(15)6(4-13)18-10(7)17-3-2-11/h6-10,13,15-16H,2-4H2,1H3,(H,12,14)/t6-,7+,8-,9+,10-/m1/s1. The van der Waals surface area contributed by atoms with E-state index >= 15 is 0 Å². The van der Waals surface area contributed by atoms with Gasteiger partial charge in [-0.2, -0.15) is 0 Å². The summed E-state index contributed by atoms with van der Waals surface area (Å²) < 4.78 is 10.5. The lowest BCUT2D eigenvalue weighted by molar-refractivity contribution is -0.268. The van der Waals surface area contributed by atoms with Crippen molar-refractivity contribution < 1.29 is 29.6 Å². The van der Waals surface area contributed by atoms with E-state index in [2.05, 4.69) is 5.32 Å². The Hall–Kier alpha value is -0.440. The van der Waals surface area contributed by atoms with Crippen molar-refractivity contribution in [3.63, 3.8) is 0 Å². The predicted molar refractivity (Wildman–Crippen MR) is 62.0 cm³/mol. The van der Waals surface area contributed by atoms with Crippen LogP contribution in [0.3, 0.4) is 0 Å². The molecule has 1 amide bonds. The predicted octanol–water partition coefficient (Wildman–Crippen LogP) is -1.81. The number of ether oxygens (including phenoxy) is 2. The molecule has 0 aliphatic carbocycles. The molecule has 106 valence electrons. The van der Waals surface area contributed by atoms with Crippen LogP contribution in [0.15, 0.2) is 0 Å². The van der Waals surface area contributed by atoms with Gasteiger partial charge in [0, 0.05) is 12.8 Å². The monoisotopic (exact) mass is 283 g/mol. The number of carbonyl (C=O) groups excluding carboxylic acids is 1. The normalized spacial score (nSPS) is 36.4. The first-order valence-corrected chi connectivity index (χ1v) is 6.11. The van der Waals surface area contributed by atoms with Crippen molar-refractivity contribution >= 4 is 17.5 Å². The third kappa shape index (κ3) is 3.78. The lowest BCUT2D eigenvalue weighted by Gasteiger charge is -2.42. The minimum absolute atomic E-state index is 0.156. The van der Waals surface area contributed by atoms with Gasteiger partial charge in [0.25, 0.3) is 0 Å². The molecule has 7 nitrogen and oxygen atoms in total. The quantitative estimate of drug-likeness (QED) is 0.443. The van der Waals surface area contributed by atoms with E-state index in [9.17, 15) is 15.0 Å². The molecule has 0 saturated carbocycles. The molecular weight excluding hydrogens is 266 g/mol. The Morgan fingerprint density at radius 1 is 1.44 bits per heavy atom. The van der Waals surface area contributed by atoms with Crippen LogP contribution in [-0.2, 0) is 14.3 Å². The fourth-order valence-electron chi connectivity index (χ4n) is 1.77. The van der Waals surface area contributed by atoms with Crippen LogP contribution < -0.4 is 5.32 Å². The molecule has 5 atom stereocenters. The van der Waals surface area contributed by atoms with E-state index in [1.54, 1.807) is 0 Å². The van der Waals surface area contributed by atoms with Crippen LogP contribution in [0.4, 0.5) is 0 Å². The fourth-order valence-corrected chi connectivity index (χ4v) is 1.86. The van der Waals surface area contributed by atoms with Crippen LogP contribution in [0.25, 0.3) is 0 Å². The lowest BCUT2D eigenvalue weighted by atomic mass is 9.97. The topological polar surface area (TPSA) is 108 Å². The van der Waals surface area contributed by atoms with Crippen molar-refractivity contribution in [1.82, 2.24) is 5.32 Å². The molecule has 4 N–H and O–H groups in total. The number of aliphatic hydroxyl groups is 3. The second-order valence-electron chi connectivity index (χ2n) is 3.99. The third-order valence-electron chi connectivity index (χ3n) is 2.61. The van der Waals surface area contributed by atoms with Gasteiger partial charge in [0.15, 0.2) is 6.29 Å². The molecule has 1 saturated heterocycles. The number of nitrogens with one attached hydrogen (secondary N) is 1. The Labute approximate surface area is 110 Å². The molecule has 0 aromatic rings. The van der Waals surface area contributed by atoms with E-state index in [4.69, 9.17) is 26.2 Å². The summed E-state index contributed by atoms with van der Waals surface area (Å²) in [6.07, 6.45) is -4.53. The van der Waals surface area contributed by atoms with E-state index in [1.807, 2.05) is 0 Å². The molecule has 0 aromatic carbocycles. The summed E-state index contributed by atoms with van der Waals surface area (Å²) in [6.45, 7) is 0.963. The zero-order valence-electron chi connectivity index (χ0n) is 9.95. The van der Waals surface area contributed by atoms with Crippen molar-refractivity contribution in [2.45, 2.75) is 37.6 Å². The number of rotatable bonds is 5. The van der Waals surface area contributed by atoms with Crippen molar-refractivity contribution in [3.05, 3.63) is 0 Å². The zero-order valence-corrected chi connectivity index (χ0v) is 10.7. The first kappa shape index (κ1) is 15.6. The molecule has 8 heteroatoms. The highest BCUT2D eigenvalue weighted by Gasteiger charge is 2.45. The maximum absolute atomic E-state index is 11.0. The number of aliphatic hydroxyl groups excluding tert-OH is 3. The maximum Gasteiger partial charge on any atom is 0.217 e. The van der Waals surface area contributed by atoms with E-state index in [-0.39, 0.29) is 12.5 Å². The van der Waals surface area contributed by atoms with Crippen LogP contribution in [0, 0.1) is 0 Å². The third-order valence-corrected chi connectivity index (χ3v) is 2.76. The van der Waals surface area contributed by atoms with Crippen molar-refractivity contribution in [3.8, 4) is 0 Å². The van der Waals surface area contributed by atoms with Crippen LogP contribution >= 0.6 is 11.6 Å². The SMILES string of the molecule is CC(=O)N[C@@H]1[C@H](OCCCl)O[C@H](CO)[C@@H](O)[C@H]1O. The Morgan fingerprint density at radius 2 is 2.11 bits per heavy atom. The van der Waals surface area contributed by atoms with E-state index in [0.717, 1.165) is 0 Å². The second-order valence-corrected chi connectivity index (χ2v) is 4.37. The van der Waals surface area contributed by atoms with Gasteiger partial charge in [-0.3, -0.25) is 4.79 Å². The van der Waals surface area contributed by atoms with Gasteiger partial charge in [-0.05, 0) is 0 Å².